The third kappa shape index (κ3) is 3.94. The van der Waals surface area contributed by atoms with Crippen LogP contribution >= 0.6 is 0 Å². The molecule has 1 aliphatic rings. The number of aryl methyl sites for hydroxylation is 1. The lowest BCUT2D eigenvalue weighted by molar-refractivity contribution is 0.283. The largest absolute Gasteiger partial charge is 0.335 e. The highest BCUT2D eigenvalue weighted by atomic mass is 32.2. The first-order chi connectivity index (χ1) is 12.0. The second-order valence-electron chi connectivity index (χ2n) is 6.52. The number of hydrogen-bond donors (Lipinski definition) is 0. The smallest absolute Gasteiger partial charge is 0.282 e. The lowest BCUT2D eigenvalue weighted by Gasteiger charge is -2.34. The number of benzene rings is 1. The summed E-state index contributed by atoms with van der Waals surface area (Å²) in [7, 11) is -1.82. The average molecular weight is 362 g/mol. The molecule has 0 bridgehead atoms. The maximum atomic E-state index is 13.0. The molecule has 136 valence electrons. The molecule has 1 aromatic heterocycles. The van der Waals surface area contributed by atoms with Crippen molar-refractivity contribution in [1.82, 2.24) is 18.2 Å². The Morgan fingerprint density at radius 3 is 2.76 bits per heavy atom. The summed E-state index contributed by atoms with van der Waals surface area (Å²) >= 11 is 0. The maximum absolute atomic E-state index is 13.0. The van der Waals surface area contributed by atoms with Gasteiger partial charge in [0.05, 0.1) is 0 Å². The molecular formula is C18H26N4O2S. The number of hydrogen-bond acceptors (Lipinski definition) is 3. The van der Waals surface area contributed by atoms with Gasteiger partial charge in [0.2, 0.25) is 0 Å². The van der Waals surface area contributed by atoms with Crippen molar-refractivity contribution < 1.29 is 8.42 Å². The molecule has 25 heavy (non-hydrogen) atoms. The minimum Gasteiger partial charge on any atom is -0.335 e. The molecule has 0 amide bonds. The lowest BCUT2D eigenvalue weighted by Crippen LogP contribution is -2.46. The maximum Gasteiger partial charge on any atom is 0.282 e. The van der Waals surface area contributed by atoms with Crippen LogP contribution < -0.4 is 0 Å². The minimum absolute atomic E-state index is 0.156. The first-order valence-electron chi connectivity index (χ1n) is 8.78. The molecule has 0 aliphatic carbocycles. The summed E-state index contributed by atoms with van der Waals surface area (Å²) in [5.41, 5.74) is 0.990. The fourth-order valence-electron chi connectivity index (χ4n) is 3.43. The van der Waals surface area contributed by atoms with Crippen LogP contribution in [0.5, 0.6) is 0 Å². The van der Waals surface area contributed by atoms with Crippen LogP contribution in [0.1, 0.15) is 37.1 Å². The summed E-state index contributed by atoms with van der Waals surface area (Å²) < 4.78 is 31.1. The number of rotatable bonds is 6. The Balaban J connectivity index is 1.73. The molecule has 3 rings (SSSR count). The molecule has 7 heteroatoms. The van der Waals surface area contributed by atoms with Gasteiger partial charge in [0.25, 0.3) is 10.2 Å². The van der Waals surface area contributed by atoms with E-state index in [0.29, 0.717) is 19.6 Å². The van der Waals surface area contributed by atoms with Gasteiger partial charge in [-0.3, -0.25) is 0 Å². The Labute approximate surface area is 150 Å². The van der Waals surface area contributed by atoms with Gasteiger partial charge in [0, 0.05) is 51.5 Å². The van der Waals surface area contributed by atoms with Crippen LogP contribution in [0, 0.1) is 0 Å². The molecule has 1 fully saturated rings. The zero-order valence-electron chi connectivity index (χ0n) is 14.9. The second-order valence-corrected chi connectivity index (χ2v) is 8.55. The van der Waals surface area contributed by atoms with Crippen molar-refractivity contribution in [3.63, 3.8) is 0 Å². The Hall–Kier alpha value is -1.70. The number of nitrogens with zero attached hydrogens (tertiary/aromatic N) is 4. The highest BCUT2D eigenvalue weighted by molar-refractivity contribution is 7.86. The normalized spacial score (nSPS) is 19.4. The first-order valence-corrected chi connectivity index (χ1v) is 10.2. The predicted molar refractivity (Wildman–Crippen MR) is 98.3 cm³/mol. The van der Waals surface area contributed by atoms with Gasteiger partial charge in [-0.25, -0.2) is 4.98 Å². The van der Waals surface area contributed by atoms with E-state index in [-0.39, 0.29) is 5.92 Å². The highest BCUT2D eigenvalue weighted by Gasteiger charge is 2.33. The Kier molecular flexibility index (Phi) is 5.56. The van der Waals surface area contributed by atoms with E-state index >= 15 is 0 Å². The summed E-state index contributed by atoms with van der Waals surface area (Å²) in [5.74, 6) is 1.15. The summed E-state index contributed by atoms with van der Waals surface area (Å²) in [4.78, 5) is 4.47. The van der Waals surface area contributed by atoms with Crippen molar-refractivity contribution in [2.45, 2.75) is 38.8 Å². The van der Waals surface area contributed by atoms with Crippen molar-refractivity contribution in [3.05, 3.63) is 54.1 Å². The van der Waals surface area contributed by atoms with E-state index in [9.17, 15) is 8.42 Å². The topological polar surface area (TPSA) is 58.4 Å². The molecule has 1 atom stereocenters. The summed E-state index contributed by atoms with van der Waals surface area (Å²) in [6.45, 7) is 4.39. The van der Waals surface area contributed by atoms with E-state index < -0.39 is 10.2 Å². The van der Waals surface area contributed by atoms with Gasteiger partial charge in [-0.05, 0) is 25.3 Å². The van der Waals surface area contributed by atoms with E-state index in [0.717, 1.165) is 30.8 Å². The average Bonchev–Trinajstić information content (AvgIpc) is 3.11. The van der Waals surface area contributed by atoms with Crippen molar-refractivity contribution in [3.8, 4) is 0 Å². The van der Waals surface area contributed by atoms with Crippen LogP contribution in [0.4, 0.5) is 0 Å². The zero-order valence-corrected chi connectivity index (χ0v) is 15.7. The molecule has 6 nitrogen and oxygen atoms in total. The third-order valence-corrected chi connectivity index (χ3v) is 6.71. The van der Waals surface area contributed by atoms with E-state index in [2.05, 4.69) is 16.5 Å². The van der Waals surface area contributed by atoms with Crippen LogP contribution in [-0.2, 0) is 23.3 Å². The van der Waals surface area contributed by atoms with Gasteiger partial charge in [-0.2, -0.15) is 17.0 Å². The molecule has 1 saturated heterocycles. The van der Waals surface area contributed by atoms with Gasteiger partial charge in [-0.1, -0.05) is 30.3 Å². The molecule has 0 N–H and O–H groups in total. The van der Waals surface area contributed by atoms with E-state index in [4.69, 9.17) is 0 Å². The summed E-state index contributed by atoms with van der Waals surface area (Å²) in [6.07, 6.45) is 5.60. The molecule has 1 aromatic carbocycles. The van der Waals surface area contributed by atoms with Gasteiger partial charge < -0.3 is 4.57 Å². The molecule has 2 heterocycles. The van der Waals surface area contributed by atoms with Gasteiger partial charge >= 0.3 is 0 Å². The Bertz CT molecular complexity index is 788. The van der Waals surface area contributed by atoms with Crippen LogP contribution in [0.25, 0.3) is 0 Å². The lowest BCUT2D eigenvalue weighted by atomic mass is 9.99. The van der Waals surface area contributed by atoms with Crippen LogP contribution in [0.2, 0.25) is 0 Å². The molecular weight excluding hydrogens is 336 g/mol. The second kappa shape index (κ2) is 7.68. The fourth-order valence-corrected chi connectivity index (χ4v) is 4.86. The standard InChI is InChI=1S/C18H26N4O2S/c1-3-21-13-11-19-18(21)17-10-7-12-22(15-17)25(23,24)20(2)14-16-8-5-4-6-9-16/h4-6,8-9,11,13,17H,3,7,10,12,14-15H2,1-2H3/t17-/m0/s1. The number of aromatic nitrogens is 2. The summed E-state index contributed by atoms with van der Waals surface area (Å²) in [5, 5.41) is 0. The minimum atomic E-state index is -3.47. The van der Waals surface area contributed by atoms with Crippen LogP contribution in [0.15, 0.2) is 42.7 Å². The van der Waals surface area contributed by atoms with E-state index in [1.807, 2.05) is 36.5 Å². The van der Waals surface area contributed by atoms with Gasteiger partial charge in [-0.15, -0.1) is 0 Å². The van der Waals surface area contributed by atoms with E-state index in [1.54, 1.807) is 17.5 Å². The van der Waals surface area contributed by atoms with E-state index in [1.165, 1.54) is 4.31 Å². The third-order valence-electron chi connectivity index (χ3n) is 4.81. The number of piperidine rings is 1. The van der Waals surface area contributed by atoms with Crippen molar-refractivity contribution >= 4 is 10.2 Å². The SMILES string of the molecule is CCn1ccnc1[C@H]1CCCN(S(=O)(=O)N(C)Cc2ccccc2)C1. The van der Waals surface area contributed by atoms with Crippen molar-refractivity contribution in [2.24, 2.45) is 0 Å². The Morgan fingerprint density at radius 1 is 1.28 bits per heavy atom. The zero-order chi connectivity index (χ0) is 17.9. The monoisotopic (exact) mass is 362 g/mol. The molecule has 0 unspecified atom stereocenters. The molecule has 1 aliphatic heterocycles. The number of imidazole rings is 1. The van der Waals surface area contributed by atoms with Crippen LogP contribution in [0.3, 0.4) is 0 Å². The van der Waals surface area contributed by atoms with Crippen molar-refractivity contribution in [1.29, 1.82) is 0 Å². The predicted octanol–water partition coefficient (Wildman–Crippen LogP) is 2.46. The quantitative estimate of drug-likeness (QED) is 0.793. The van der Waals surface area contributed by atoms with Crippen molar-refractivity contribution in [2.75, 3.05) is 20.1 Å². The highest BCUT2D eigenvalue weighted by Crippen LogP contribution is 2.28. The first kappa shape index (κ1) is 18.1. The molecule has 2 aromatic rings. The molecule has 0 radical (unpaired) electrons. The van der Waals surface area contributed by atoms with Crippen LogP contribution in [-0.4, -0.2) is 46.7 Å². The Morgan fingerprint density at radius 2 is 2.04 bits per heavy atom. The van der Waals surface area contributed by atoms with Gasteiger partial charge in [0.15, 0.2) is 0 Å². The molecule has 0 saturated carbocycles. The fraction of sp³-hybridized carbons (Fsp3) is 0.500. The summed E-state index contributed by atoms with van der Waals surface area (Å²) in [6, 6.07) is 9.68. The molecule has 0 spiro atoms. The van der Waals surface area contributed by atoms with Gasteiger partial charge in [0.1, 0.15) is 5.82 Å².